The lowest BCUT2D eigenvalue weighted by molar-refractivity contribution is -0.134. The van der Waals surface area contributed by atoms with Gasteiger partial charge in [-0.05, 0) is 61.0 Å². The average molecular weight is 541 g/mol. The number of piperidine rings is 1. The number of rotatable bonds is 8. The fourth-order valence-electron chi connectivity index (χ4n) is 4.58. The van der Waals surface area contributed by atoms with Crippen LogP contribution in [0, 0.1) is 5.92 Å². The Labute approximate surface area is 225 Å². The third-order valence-electron chi connectivity index (χ3n) is 6.47. The predicted molar refractivity (Wildman–Crippen MR) is 147 cm³/mol. The van der Waals surface area contributed by atoms with Gasteiger partial charge in [0.15, 0.2) is 11.5 Å². The van der Waals surface area contributed by atoms with Gasteiger partial charge in [0, 0.05) is 41.9 Å². The Morgan fingerprint density at radius 3 is 2.53 bits per heavy atom. The van der Waals surface area contributed by atoms with Crippen molar-refractivity contribution >= 4 is 39.0 Å². The number of nitrogens with one attached hydrogen (secondary N) is 1. The number of carbonyl (C=O) groups is 2. The van der Waals surface area contributed by atoms with Crippen molar-refractivity contribution in [2.75, 3.05) is 44.8 Å². The number of para-hydroxylation sites is 2. The molecule has 2 aliphatic heterocycles. The number of carboxylic acid groups (broad SMARTS) is 2. The summed E-state index contributed by atoms with van der Waals surface area (Å²) in [6, 6.07) is 14.5. The van der Waals surface area contributed by atoms with Gasteiger partial charge in [0.25, 0.3) is 0 Å². The highest BCUT2D eigenvalue weighted by Gasteiger charge is 2.25. The number of benzene rings is 2. The van der Waals surface area contributed by atoms with Gasteiger partial charge in [-0.25, -0.2) is 9.59 Å². The fourth-order valence-corrected chi connectivity index (χ4v) is 5.36. The predicted octanol–water partition coefficient (Wildman–Crippen LogP) is 4.27. The van der Waals surface area contributed by atoms with E-state index >= 15 is 0 Å². The van der Waals surface area contributed by atoms with Crippen molar-refractivity contribution in [2.45, 2.75) is 18.9 Å². The third kappa shape index (κ3) is 7.17. The Morgan fingerprint density at radius 2 is 1.82 bits per heavy atom. The standard InChI is InChI=1S/C24H28N2O3S.C4H4O4/c1-27-21-5-3-2-4-20(21)26-11-8-17(9-12-26)14-25-15-18-16-28-22-6-7-23-19(10-13-30-23)24(22)29-18;5-3(6)1-2-4(7)8/h2-7,10,13,17-18,25H,8-9,11-12,14-16H2,1H3;1-2H,(H,5,6)(H,7,8)/b;2-1+/t18-;/m0./s1. The number of ether oxygens (including phenoxy) is 3. The monoisotopic (exact) mass is 540 g/mol. The number of hydrogen-bond donors (Lipinski definition) is 3. The van der Waals surface area contributed by atoms with Gasteiger partial charge in [-0.15, -0.1) is 11.3 Å². The van der Waals surface area contributed by atoms with Crippen molar-refractivity contribution in [3.05, 3.63) is 60.0 Å². The largest absolute Gasteiger partial charge is 0.495 e. The zero-order chi connectivity index (χ0) is 26.9. The summed E-state index contributed by atoms with van der Waals surface area (Å²) in [5, 5.41) is 22.5. The number of methoxy groups -OCH3 is 1. The fraction of sp³-hybridized carbons (Fsp3) is 0.357. The Balaban J connectivity index is 0.000000368. The smallest absolute Gasteiger partial charge is 0.328 e. The summed E-state index contributed by atoms with van der Waals surface area (Å²) >= 11 is 1.74. The number of hydrogen-bond acceptors (Lipinski definition) is 8. The molecule has 2 aliphatic rings. The van der Waals surface area contributed by atoms with Crippen molar-refractivity contribution in [3.63, 3.8) is 0 Å². The van der Waals surface area contributed by atoms with E-state index in [1.807, 2.05) is 18.2 Å². The van der Waals surface area contributed by atoms with Crippen LogP contribution in [0.1, 0.15) is 12.8 Å². The molecule has 0 saturated carbocycles. The second-order valence-electron chi connectivity index (χ2n) is 9.05. The van der Waals surface area contributed by atoms with Crippen molar-refractivity contribution in [1.29, 1.82) is 0 Å². The van der Waals surface area contributed by atoms with Crippen LogP contribution in [0.5, 0.6) is 17.2 Å². The SMILES string of the molecule is COc1ccccc1N1CCC(CNC[C@H]2COc3ccc4sccc4c3O2)CC1.O=C(O)/C=C/C(=O)O. The van der Waals surface area contributed by atoms with Crippen LogP contribution in [0.2, 0.25) is 0 Å². The van der Waals surface area contributed by atoms with E-state index in [1.54, 1.807) is 18.4 Å². The Morgan fingerprint density at radius 1 is 1.08 bits per heavy atom. The molecule has 5 rings (SSSR count). The van der Waals surface area contributed by atoms with Gasteiger partial charge in [-0.3, -0.25) is 0 Å². The van der Waals surface area contributed by atoms with Crippen molar-refractivity contribution < 1.29 is 34.0 Å². The summed E-state index contributed by atoms with van der Waals surface area (Å²) < 4.78 is 19.0. The highest BCUT2D eigenvalue weighted by molar-refractivity contribution is 7.17. The molecular formula is C28H32N2O7S. The van der Waals surface area contributed by atoms with E-state index in [0.717, 1.165) is 48.8 Å². The number of nitrogens with zero attached hydrogens (tertiary/aromatic N) is 1. The van der Waals surface area contributed by atoms with Crippen LogP contribution in [-0.2, 0) is 9.59 Å². The molecule has 0 bridgehead atoms. The average Bonchev–Trinajstić information content (AvgIpc) is 3.42. The molecule has 0 unspecified atom stereocenters. The molecule has 0 amide bonds. The summed E-state index contributed by atoms with van der Waals surface area (Å²) in [4.78, 5) is 21.5. The van der Waals surface area contributed by atoms with Crippen molar-refractivity contribution in [2.24, 2.45) is 5.92 Å². The topological polar surface area (TPSA) is 118 Å². The maximum atomic E-state index is 9.55. The number of anilines is 1. The molecule has 0 radical (unpaired) electrons. The van der Waals surface area contributed by atoms with Gasteiger partial charge in [-0.2, -0.15) is 0 Å². The number of thiophene rings is 1. The molecule has 202 valence electrons. The Hall–Kier alpha value is -3.76. The molecule has 38 heavy (non-hydrogen) atoms. The minimum Gasteiger partial charge on any atom is -0.495 e. The van der Waals surface area contributed by atoms with E-state index in [2.05, 4.69) is 39.9 Å². The summed E-state index contributed by atoms with van der Waals surface area (Å²) in [6.07, 6.45) is 3.54. The zero-order valence-electron chi connectivity index (χ0n) is 21.2. The van der Waals surface area contributed by atoms with Crippen LogP contribution < -0.4 is 24.4 Å². The second-order valence-corrected chi connectivity index (χ2v) is 9.99. The maximum Gasteiger partial charge on any atom is 0.328 e. The summed E-state index contributed by atoms with van der Waals surface area (Å²) in [5.74, 6) is 0.900. The first kappa shape index (κ1) is 27.3. The van der Waals surface area contributed by atoms with Crippen molar-refractivity contribution in [1.82, 2.24) is 5.32 Å². The van der Waals surface area contributed by atoms with Gasteiger partial charge < -0.3 is 34.6 Å². The van der Waals surface area contributed by atoms with E-state index in [4.69, 9.17) is 24.4 Å². The van der Waals surface area contributed by atoms with Crippen LogP contribution >= 0.6 is 11.3 Å². The van der Waals surface area contributed by atoms with E-state index in [-0.39, 0.29) is 6.10 Å². The lowest BCUT2D eigenvalue weighted by atomic mass is 9.96. The Bertz CT molecular complexity index is 1250. The van der Waals surface area contributed by atoms with Gasteiger partial charge in [0.05, 0.1) is 12.8 Å². The minimum atomic E-state index is -1.26. The minimum absolute atomic E-state index is 0.0525. The molecule has 1 aromatic heterocycles. The number of aliphatic carboxylic acids is 2. The lowest BCUT2D eigenvalue weighted by Gasteiger charge is -2.34. The number of fused-ring (bicyclic) bond motifs is 3. The molecule has 1 fully saturated rings. The summed E-state index contributed by atoms with van der Waals surface area (Å²) in [6.45, 7) is 4.57. The second kappa shape index (κ2) is 13.2. The zero-order valence-corrected chi connectivity index (χ0v) is 22.0. The normalized spacial score (nSPS) is 17.2. The highest BCUT2D eigenvalue weighted by Crippen LogP contribution is 2.40. The molecule has 1 atom stereocenters. The van der Waals surface area contributed by atoms with E-state index in [0.29, 0.717) is 24.7 Å². The molecule has 0 spiro atoms. The molecule has 10 heteroatoms. The molecule has 3 heterocycles. The highest BCUT2D eigenvalue weighted by atomic mass is 32.1. The molecule has 1 saturated heterocycles. The van der Waals surface area contributed by atoms with Gasteiger partial charge in [-0.1, -0.05) is 12.1 Å². The summed E-state index contributed by atoms with van der Waals surface area (Å²) in [5.41, 5.74) is 1.21. The molecule has 9 nitrogen and oxygen atoms in total. The Kier molecular flexibility index (Phi) is 9.45. The first-order chi connectivity index (χ1) is 18.4. The third-order valence-corrected chi connectivity index (χ3v) is 7.35. The van der Waals surface area contributed by atoms with Gasteiger partial charge in [0.1, 0.15) is 18.5 Å². The first-order valence-corrected chi connectivity index (χ1v) is 13.3. The molecule has 3 aromatic rings. The summed E-state index contributed by atoms with van der Waals surface area (Å²) in [7, 11) is 1.74. The molecule has 3 N–H and O–H groups in total. The molecular weight excluding hydrogens is 508 g/mol. The van der Waals surface area contributed by atoms with Crippen LogP contribution in [0.3, 0.4) is 0 Å². The van der Waals surface area contributed by atoms with Crippen LogP contribution in [0.25, 0.3) is 10.1 Å². The van der Waals surface area contributed by atoms with E-state index in [1.165, 1.54) is 23.2 Å². The van der Waals surface area contributed by atoms with Crippen molar-refractivity contribution in [3.8, 4) is 17.2 Å². The molecule has 0 aliphatic carbocycles. The van der Waals surface area contributed by atoms with Gasteiger partial charge >= 0.3 is 11.9 Å². The number of carboxylic acids is 2. The van der Waals surface area contributed by atoms with E-state index in [9.17, 15) is 9.59 Å². The van der Waals surface area contributed by atoms with Crippen LogP contribution in [0.4, 0.5) is 5.69 Å². The van der Waals surface area contributed by atoms with E-state index < -0.39 is 11.9 Å². The maximum absolute atomic E-state index is 9.55. The molecule has 2 aromatic carbocycles. The van der Waals surface area contributed by atoms with Crippen LogP contribution in [-0.4, -0.2) is 68.2 Å². The van der Waals surface area contributed by atoms with Gasteiger partial charge in [0.2, 0.25) is 0 Å². The van der Waals surface area contributed by atoms with Crippen LogP contribution in [0.15, 0.2) is 60.0 Å². The quantitative estimate of drug-likeness (QED) is 0.360. The lowest BCUT2D eigenvalue weighted by Crippen LogP contribution is -2.42. The first-order valence-electron chi connectivity index (χ1n) is 12.5.